The van der Waals surface area contributed by atoms with Gasteiger partial charge in [-0.15, -0.1) is 11.3 Å². The van der Waals surface area contributed by atoms with Gasteiger partial charge < -0.3 is 5.32 Å². The van der Waals surface area contributed by atoms with Gasteiger partial charge in [-0.05, 0) is 0 Å². The van der Waals surface area contributed by atoms with Crippen LogP contribution in [0.15, 0.2) is 11.6 Å². The second kappa shape index (κ2) is 5.08. The number of rotatable bonds is 4. The summed E-state index contributed by atoms with van der Waals surface area (Å²) in [6.07, 6.45) is 1.61. The van der Waals surface area contributed by atoms with Crippen LogP contribution in [0.4, 0.5) is 5.13 Å². The number of hydrogen-bond acceptors (Lipinski definition) is 4. The van der Waals surface area contributed by atoms with Crippen LogP contribution in [0, 0.1) is 0 Å². The number of carbonyl (C=O) groups is 1. The maximum atomic E-state index is 11.1. The van der Waals surface area contributed by atoms with Gasteiger partial charge in [0.1, 0.15) is 5.75 Å². The van der Waals surface area contributed by atoms with Crippen molar-refractivity contribution in [2.75, 3.05) is 16.8 Å². The van der Waals surface area contributed by atoms with Crippen LogP contribution in [0.25, 0.3) is 0 Å². The first-order valence-electron chi connectivity index (χ1n) is 3.76. The van der Waals surface area contributed by atoms with Crippen molar-refractivity contribution in [1.29, 1.82) is 0 Å². The minimum Gasteiger partial charge on any atom is -0.301 e. The average molecular weight is 218 g/mol. The van der Waals surface area contributed by atoms with E-state index in [1.165, 1.54) is 11.3 Å². The van der Waals surface area contributed by atoms with E-state index in [4.69, 9.17) is 0 Å². The molecule has 1 N–H and O–H groups in total. The molecule has 1 aromatic rings. The molecular weight excluding hydrogens is 208 g/mol. The van der Waals surface area contributed by atoms with Crippen molar-refractivity contribution in [2.24, 2.45) is 0 Å². The quantitative estimate of drug-likeness (QED) is 0.815. The summed E-state index contributed by atoms with van der Waals surface area (Å²) < 4.78 is 11.0. The molecule has 0 aliphatic carbocycles. The van der Waals surface area contributed by atoms with E-state index in [2.05, 4.69) is 10.3 Å². The van der Waals surface area contributed by atoms with Gasteiger partial charge >= 0.3 is 0 Å². The number of aromatic nitrogens is 1. The molecule has 0 fully saturated rings. The summed E-state index contributed by atoms with van der Waals surface area (Å²) in [5.41, 5.74) is 0. The molecule has 13 heavy (non-hydrogen) atoms. The smallest absolute Gasteiger partial charge is 0.238 e. The van der Waals surface area contributed by atoms with Crippen molar-refractivity contribution >= 4 is 33.2 Å². The number of nitrogens with zero attached hydrogens (tertiary/aromatic N) is 1. The largest absolute Gasteiger partial charge is 0.301 e. The van der Waals surface area contributed by atoms with Crippen LogP contribution in [-0.4, -0.2) is 26.6 Å². The zero-order valence-electron chi connectivity index (χ0n) is 7.15. The molecule has 0 aliphatic rings. The molecule has 1 heterocycles. The Balaban J connectivity index is 2.38. The Morgan fingerprint density at radius 2 is 2.54 bits per heavy atom. The molecule has 0 bridgehead atoms. The lowest BCUT2D eigenvalue weighted by Crippen LogP contribution is -2.19. The summed E-state index contributed by atoms with van der Waals surface area (Å²) in [5.74, 6) is 0.316. The van der Waals surface area contributed by atoms with Gasteiger partial charge in [0.25, 0.3) is 0 Å². The summed E-state index contributed by atoms with van der Waals surface area (Å²) in [5, 5.41) is 4.89. The standard InChI is InChI=1S/C7H10N2O2S2/c1-2-13(11)5-6(10)9-7-8-3-4-12-7/h3-4H,2,5H2,1H3,(H,8,9,10). The van der Waals surface area contributed by atoms with Crippen molar-refractivity contribution < 1.29 is 9.00 Å². The fraction of sp³-hybridized carbons (Fsp3) is 0.429. The van der Waals surface area contributed by atoms with Crippen LogP contribution in [0.5, 0.6) is 0 Å². The highest BCUT2D eigenvalue weighted by Gasteiger charge is 2.07. The van der Waals surface area contributed by atoms with E-state index in [1.807, 2.05) is 0 Å². The van der Waals surface area contributed by atoms with Crippen LogP contribution in [0.2, 0.25) is 0 Å². The summed E-state index contributed by atoms with van der Waals surface area (Å²) in [4.78, 5) is 15.0. The lowest BCUT2D eigenvalue weighted by Gasteiger charge is -1.99. The van der Waals surface area contributed by atoms with Crippen LogP contribution >= 0.6 is 11.3 Å². The van der Waals surface area contributed by atoms with Crippen LogP contribution in [-0.2, 0) is 15.6 Å². The number of carbonyl (C=O) groups excluding carboxylic acids is 1. The van der Waals surface area contributed by atoms with E-state index in [1.54, 1.807) is 18.5 Å². The number of anilines is 1. The Labute approximate surface area is 82.8 Å². The first-order chi connectivity index (χ1) is 6.22. The van der Waals surface area contributed by atoms with Gasteiger partial charge in [0.2, 0.25) is 5.91 Å². The van der Waals surface area contributed by atoms with Crippen molar-refractivity contribution in [3.8, 4) is 0 Å². The van der Waals surface area contributed by atoms with Crippen LogP contribution < -0.4 is 5.32 Å². The fourth-order valence-electron chi connectivity index (χ4n) is 0.689. The average Bonchev–Trinajstić information content (AvgIpc) is 2.56. The predicted molar refractivity (Wildman–Crippen MR) is 54.3 cm³/mol. The number of nitrogens with one attached hydrogen (secondary N) is 1. The maximum Gasteiger partial charge on any atom is 0.238 e. The normalized spacial score (nSPS) is 12.4. The molecule has 72 valence electrons. The highest BCUT2D eigenvalue weighted by Crippen LogP contribution is 2.09. The zero-order chi connectivity index (χ0) is 9.68. The third kappa shape index (κ3) is 3.65. The lowest BCUT2D eigenvalue weighted by molar-refractivity contribution is -0.113. The van der Waals surface area contributed by atoms with Gasteiger partial charge in [-0.1, -0.05) is 6.92 Å². The molecule has 0 saturated heterocycles. The molecule has 0 aliphatic heterocycles. The number of thiazole rings is 1. The predicted octanol–water partition coefficient (Wildman–Crippen LogP) is 0.850. The Morgan fingerprint density at radius 3 is 3.08 bits per heavy atom. The van der Waals surface area contributed by atoms with Gasteiger partial charge in [0, 0.05) is 28.1 Å². The number of hydrogen-bond donors (Lipinski definition) is 1. The molecule has 6 heteroatoms. The second-order valence-corrected chi connectivity index (χ2v) is 4.90. The van der Waals surface area contributed by atoms with E-state index >= 15 is 0 Å². The first-order valence-corrected chi connectivity index (χ1v) is 6.13. The summed E-state index contributed by atoms with van der Waals surface area (Å²) >= 11 is 1.34. The molecular formula is C7H10N2O2S2. The third-order valence-corrected chi connectivity index (χ3v) is 3.21. The van der Waals surface area contributed by atoms with Crippen molar-refractivity contribution in [3.05, 3.63) is 11.6 Å². The lowest BCUT2D eigenvalue weighted by atomic mass is 10.7. The Hall–Kier alpha value is -0.750. The molecule has 0 spiro atoms. The molecule has 0 saturated carbocycles. The minimum atomic E-state index is -1.05. The Kier molecular flexibility index (Phi) is 4.04. The fourth-order valence-corrected chi connectivity index (χ4v) is 1.80. The van der Waals surface area contributed by atoms with E-state index in [-0.39, 0.29) is 11.7 Å². The molecule has 0 radical (unpaired) electrons. The molecule has 1 amide bonds. The first kappa shape index (κ1) is 10.3. The molecule has 1 unspecified atom stereocenters. The Morgan fingerprint density at radius 1 is 1.77 bits per heavy atom. The third-order valence-electron chi connectivity index (χ3n) is 1.29. The summed E-state index contributed by atoms with van der Waals surface area (Å²) in [6.45, 7) is 1.78. The van der Waals surface area contributed by atoms with Gasteiger partial charge in [0.15, 0.2) is 5.13 Å². The zero-order valence-corrected chi connectivity index (χ0v) is 8.78. The van der Waals surface area contributed by atoms with Gasteiger partial charge in [-0.2, -0.15) is 0 Å². The van der Waals surface area contributed by atoms with E-state index in [9.17, 15) is 9.00 Å². The minimum absolute atomic E-state index is 0.0517. The van der Waals surface area contributed by atoms with Crippen molar-refractivity contribution in [2.45, 2.75) is 6.92 Å². The van der Waals surface area contributed by atoms with Gasteiger partial charge in [-0.3, -0.25) is 9.00 Å². The monoisotopic (exact) mass is 218 g/mol. The molecule has 1 rings (SSSR count). The summed E-state index contributed by atoms with van der Waals surface area (Å²) in [6, 6.07) is 0. The second-order valence-electron chi connectivity index (χ2n) is 2.26. The highest BCUT2D eigenvalue weighted by atomic mass is 32.2. The number of amides is 1. The topological polar surface area (TPSA) is 59.1 Å². The molecule has 0 aromatic carbocycles. The summed E-state index contributed by atoms with van der Waals surface area (Å²) in [7, 11) is -1.05. The van der Waals surface area contributed by atoms with Crippen molar-refractivity contribution in [3.63, 3.8) is 0 Å². The van der Waals surface area contributed by atoms with Crippen LogP contribution in [0.1, 0.15) is 6.92 Å². The highest BCUT2D eigenvalue weighted by molar-refractivity contribution is 7.85. The SMILES string of the molecule is CCS(=O)CC(=O)Nc1nccs1. The van der Waals surface area contributed by atoms with E-state index < -0.39 is 10.8 Å². The van der Waals surface area contributed by atoms with Crippen LogP contribution in [0.3, 0.4) is 0 Å². The molecule has 1 aromatic heterocycles. The van der Waals surface area contributed by atoms with Gasteiger partial charge in [0.05, 0.1) is 0 Å². The maximum absolute atomic E-state index is 11.1. The van der Waals surface area contributed by atoms with E-state index in [0.717, 1.165) is 0 Å². The van der Waals surface area contributed by atoms with Gasteiger partial charge in [-0.25, -0.2) is 4.98 Å². The molecule has 4 nitrogen and oxygen atoms in total. The molecule has 1 atom stereocenters. The Bertz CT molecular complexity index is 297. The van der Waals surface area contributed by atoms with E-state index in [0.29, 0.717) is 10.9 Å². The van der Waals surface area contributed by atoms with Crippen molar-refractivity contribution in [1.82, 2.24) is 4.98 Å².